The molecule has 9 heteroatoms. The molecule has 3 aromatic rings. The maximum Gasteiger partial charge on any atom is 0.316 e. The maximum atomic E-state index is 12.5. The molecule has 9 nitrogen and oxygen atoms in total. The summed E-state index contributed by atoms with van der Waals surface area (Å²) < 4.78 is 5.23. The quantitative estimate of drug-likeness (QED) is 0.202. The van der Waals surface area contributed by atoms with Gasteiger partial charge in [0.2, 0.25) is 5.91 Å². The first-order valence-corrected chi connectivity index (χ1v) is 12.3. The summed E-state index contributed by atoms with van der Waals surface area (Å²) >= 11 is 0. The van der Waals surface area contributed by atoms with Gasteiger partial charge in [-0.1, -0.05) is 42.5 Å². The average Bonchev–Trinajstić information content (AvgIpc) is 2.87. The molecule has 0 heterocycles. The molecule has 3 aromatic carbocycles. The molecule has 0 saturated carbocycles. The van der Waals surface area contributed by atoms with Crippen LogP contribution in [0.5, 0.6) is 11.5 Å². The van der Waals surface area contributed by atoms with Crippen LogP contribution in [0.3, 0.4) is 0 Å². The van der Waals surface area contributed by atoms with Gasteiger partial charge < -0.3 is 36.6 Å². The molecule has 0 spiro atoms. The van der Waals surface area contributed by atoms with Crippen molar-refractivity contribution in [3.05, 3.63) is 89.0 Å². The van der Waals surface area contributed by atoms with E-state index >= 15 is 0 Å². The number of benzene rings is 3. The second-order valence-corrected chi connectivity index (χ2v) is 9.85. The number of ether oxygens (including phenoxy) is 1. The average molecular weight is 521 g/mol. The third-order valence-corrected chi connectivity index (χ3v) is 6.06. The lowest BCUT2D eigenvalue weighted by Crippen LogP contribution is -2.43. The van der Waals surface area contributed by atoms with E-state index in [1.807, 2.05) is 62.4 Å². The number of β-amino-alcohol motifs (C(OH)–C–C–N with tert-alkyl or cyclic N) is 1. The second kappa shape index (κ2) is 12.9. The molecule has 0 fully saturated rings. The lowest BCUT2D eigenvalue weighted by molar-refractivity contribution is -0.120. The first-order valence-electron chi connectivity index (χ1n) is 12.3. The standard InChI is InChI=1S/C29H36N4O5/c1-29(2,32-18-26(35)22-10-11-25(34)24(15-22)33-28(30)37)16-20-7-4-6-19(12-20)14-27(36)31-17-21-8-5-9-23(13-21)38-3/h4-13,15,26,32,34-35H,14,16-18H2,1-3H3,(H,31,36)(H3,30,33,37). The number of rotatable bonds is 12. The third-order valence-electron chi connectivity index (χ3n) is 6.06. The second-order valence-electron chi connectivity index (χ2n) is 9.85. The van der Waals surface area contributed by atoms with Gasteiger partial charge in [-0.3, -0.25) is 4.79 Å². The van der Waals surface area contributed by atoms with Gasteiger partial charge in [-0.05, 0) is 66.8 Å². The molecule has 1 unspecified atom stereocenters. The number of phenolic OH excluding ortho intramolecular Hbond substituents is 1. The number of nitrogens with one attached hydrogen (secondary N) is 3. The first kappa shape index (κ1) is 28.5. The molecule has 202 valence electrons. The third kappa shape index (κ3) is 8.79. The van der Waals surface area contributed by atoms with Crippen LogP contribution in [0.25, 0.3) is 0 Å². The summed E-state index contributed by atoms with van der Waals surface area (Å²) in [6.45, 7) is 4.74. The predicted octanol–water partition coefficient (Wildman–Crippen LogP) is 3.39. The summed E-state index contributed by atoms with van der Waals surface area (Å²) in [4.78, 5) is 23.7. The van der Waals surface area contributed by atoms with Gasteiger partial charge in [0.25, 0.3) is 0 Å². The fourth-order valence-corrected chi connectivity index (χ4v) is 4.14. The lowest BCUT2D eigenvalue weighted by Gasteiger charge is -2.28. The van der Waals surface area contributed by atoms with Gasteiger partial charge in [0.05, 0.1) is 25.3 Å². The molecular formula is C29H36N4O5. The van der Waals surface area contributed by atoms with Crippen LogP contribution in [-0.4, -0.2) is 41.3 Å². The molecule has 7 N–H and O–H groups in total. The fourth-order valence-electron chi connectivity index (χ4n) is 4.14. The number of urea groups is 1. The number of methoxy groups -OCH3 is 1. The molecule has 0 bridgehead atoms. The van der Waals surface area contributed by atoms with Crippen molar-refractivity contribution in [2.24, 2.45) is 5.73 Å². The zero-order chi connectivity index (χ0) is 27.7. The Bertz CT molecular complexity index is 1260. The van der Waals surface area contributed by atoms with Gasteiger partial charge in [0, 0.05) is 18.6 Å². The summed E-state index contributed by atoms with van der Waals surface area (Å²) in [6.07, 6.45) is 0.0681. The van der Waals surface area contributed by atoms with Gasteiger partial charge in [-0.15, -0.1) is 0 Å². The molecule has 0 aliphatic heterocycles. The van der Waals surface area contributed by atoms with Crippen LogP contribution in [-0.2, 0) is 24.2 Å². The number of nitrogens with two attached hydrogens (primary N) is 1. The minimum Gasteiger partial charge on any atom is -0.506 e. The highest BCUT2D eigenvalue weighted by molar-refractivity contribution is 5.89. The van der Waals surface area contributed by atoms with E-state index in [0.717, 1.165) is 22.4 Å². The molecule has 0 aliphatic rings. The van der Waals surface area contributed by atoms with E-state index in [-0.39, 0.29) is 35.8 Å². The van der Waals surface area contributed by atoms with Crippen LogP contribution >= 0.6 is 0 Å². The summed E-state index contributed by atoms with van der Waals surface area (Å²) in [7, 11) is 1.61. The summed E-state index contributed by atoms with van der Waals surface area (Å²) in [5.74, 6) is 0.549. The van der Waals surface area contributed by atoms with Crippen molar-refractivity contribution >= 4 is 17.6 Å². The van der Waals surface area contributed by atoms with Crippen LogP contribution in [0.1, 0.15) is 42.2 Å². The van der Waals surface area contributed by atoms with Crippen molar-refractivity contribution < 1.29 is 24.5 Å². The number of phenols is 1. The Morgan fingerprint density at radius 3 is 2.45 bits per heavy atom. The number of primary amides is 1. The number of aliphatic hydroxyl groups is 1. The highest BCUT2D eigenvalue weighted by atomic mass is 16.5. The summed E-state index contributed by atoms with van der Waals surface area (Å²) in [5, 5.41) is 29.2. The van der Waals surface area contributed by atoms with Gasteiger partial charge in [0.1, 0.15) is 11.5 Å². The van der Waals surface area contributed by atoms with Gasteiger partial charge in [-0.25, -0.2) is 4.79 Å². The smallest absolute Gasteiger partial charge is 0.316 e. The summed E-state index contributed by atoms with van der Waals surface area (Å²) in [6, 6.07) is 19.2. The van der Waals surface area contributed by atoms with Crippen LogP contribution < -0.4 is 26.4 Å². The topological polar surface area (TPSA) is 146 Å². The van der Waals surface area contributed by atoms with E-state index in [2.05, 4.69) is 16.0 Å². The zero-order valence-corrected chi connectivity index (χ0v) is 22.0. The Morgan fingerprint density at radius 1 is 1.00 bits per heavy atom. The van der Waals surface area contributed by atoms with Crippen molar-refractivity contribution in [2.75, 3.05) is 19.0 Å². The minimum absolute atomic E-state index is 0.0652. The maximum absolute atomic E-state index is 12.5. The number of hydrogen-bond donors (Lipinski definition) is 6. The van der Waals surface area contributed by atoms with E-state index in [4.69, 9.17) is 10.5 Å². The number of hydrogen-bond acceptors (Lipinski definition) is 6. The fraction of sp³-hybridized carbons (Fsp3) is 0.310. The first-order chi connectivity index (χ1) is 18.0. The Kier molecular flexibility index (Phi) is 9.70. The number of carbonyl (C=O) groups excluding carboxylic acids is 2. The molecule has 38 heavy (non-hydrogen) atoms. The van der Waals surface area contributed by atoms with E-state index in [0.29, 0.717) is 18.5 Å². The van der Waals surface area contributed by atoms with Crippen molar-refractivity contribution in [3.63, 3.8) is 0 Å². The molecule has 1 atom stereocenters. The normalized spacial score (nSPS) is 12.0. The van der Waals surface area contributed by atoms with E-state index in [1.54, 1.807) is 13.2 Å². The van der Waals surface area contributed by atoms with Crippen molar-refractivity contribution in [1.82, 2.24) is 10.6 Å². The lowest BCUT2D eigenvalue weighted by atomic mass is 9.93. The SMILES string of the molecule is COc1cccc(CNC(=O)Cc2cccc(CC(C)(C)NCC(O)c3ccc(O)c(NC(N)=O)c3)c2)c1. The largest absolute Gasteiger partial charge is 0.506 e. The highest BCUT2D eigenvalue weighted by Crippen LogP contribution is 2.27. The Balaban J connectivity index is 1.53. The van der Waals surface area contributed by atoms with E-state index in [1.165, 1.54) is 12.1 Å². The van der Waals surface area contributed by atoms with Crippen LogP contribution in [0.2, 0.25) is 0 Å². The number of amides is 3. The number of aromatic hydroxyl groups is 1. The van der Waals surface area contributed by atoms with Crippen molar-refractivity contribution in [3.8, 4) is 11.5 Å². The monoisotopic (exact) mass is 520 g/mol. The van der Waals surface area contributed by atoms with Crippen molar-refractivity contribution in [2.45, 2.75) is 44.9 Å². The van der Waals surface area contributed by atoms with Crippen LogP contribution in [0.15, 0.2) is 66.7 Å². The van der Waals surface area contributed by atoms with Crippen LogP contribution in [0.4, 0.5) is 10.5 Å². The predicted molar refractivity (Wildman–Crippen MR) is 147 cm³/mol. The number of anilines is 1. The number of carbonyl (C=O) groups is 2. The molecule has 0 radical (unpaired) electrons. The summed E-state index contributed by atoms with van der Waals surface area (Å²) in [5.41, 5.74) is 8.38. The van der Waals surface area contributed by atoms with Gasteiger partial charge in [0.15, 0.2) is 0 Å². The molecule has 0 saturated heterocycles. The Morgan fingerprint density at radius 2 is 1.71 bits per heavy atom. The van der Waals surface area contributed by atoms with E-state index < -0.39 is 12.1 Å². The Hall–Kier alpha value is -4.08. The zero-order valence-electron chi connectivity index (χ0n) is 22.0. The Labute approximate surface area is 223 Å². The highest BCUT2D eigenvalue weighted by Gasteiger charge is 2.21. The van der Waals surface area contributed by atoms with Crippen molar-refractivity contribution in [1.29, 1.82) is 0 Å². The molecular weight excluding hydrogens is 484 g/mol. The van der Waals surface area contributed by atoms with Crippen LogP contribution in [0, 0.1) is 0 Å². The number of aliphatic hydroxyl groups excluding tert-OH is 1. The van der Waals surface area contributed by atoms with Gasteiger partial charge in [-0.2, -0.15) is 0 Å². The van der Waals surface area contributed by atoms with Gasteiger partial charge >= 0.3 is 6.03 Å². The molecule has 3 amide bonds. The molecule has 3 rings (SSSR count). The minimum atomic E-state index is -0.872. The molecule has 0 aliphatic carbocycles. The molecule has 0 aromatic heterocycles. The van der Waals surface area contributed by atoms with E-state index in [9.17, 15) is 19.8 Å².